The maximum Gasteiger partial charge on any atom is 0.241 e. The number of hydrogen-bond donors (Lipinski definition) is 2. The minimum Gasteiger partial charge on any atom is -0.492 e. The molecule has 1 aromatic carbocycles. The van der Waals surface area contributed by atoms with Gasteiger partial charge < -0.3 is 25.0 Å². The molecule has 0 spiro atoms. The summed E-state index contributed by atoms with van der Waals surface area (Å²) in [6.07, 6.45) is 0. The Bertz CT molecular complexity index is 595. The van der Waals surface area contributed by atoms with Crippen molar-refractivity contribution in [2.75, 3.05) is 72.7 Å². The molecule has 1 aliphatic heterocycles. The first-order valence-electron chi connectivity index (χ1n) is 9.92. The van der Waals surface area contributed by atoms with Crippen LogP contribution in [0.15, 0.2) is 35.3 Å². The fourth-order valence-corrected chi connectivity index (χ4v) is 2.91. The third-order valence-electron chi connectivity index (χ3n) is 4.43. The number of guanidine groups is 1. The highest BCUT2D eigenvalue weighted by molar-refractivity contribution is 14.0. The second-order valence-electron chi connectivity index (χ2n) is 6.50. The zero-order valence-electron chi connectivity index (χ0n) is 17.4. The molecule has 1 heterocycles. The van der Waals surface area contributed by atoms with Crippen LogP contribution in [0.3, 0.4) is 0 Å². The van der Waals surface area contributed by atoms with Crippen LogP contribution in [-0.4, -0.2) is 94.3 Å². The molecular weight excluding hydrogens is 485 g/mol. The van der Waals surface area contributed by atoms with E-state index < -0.39 is 0 Å². The summed E-state index contributed by atoms with van der Waals surface area (Å²) < 4.78 is 10.7. The predicted molar refractivity (Wildman–Crippen MR) is 126 cm³/mol. The summed E-state index contributed by atoms with van der Waals surface area (Å²) in [6, 6.07) is 9.89. The highest BCUT2D eigenvalue weighted by Gasteiger charge is 2.19. The molecule has 8 nitrogen and oxygen atoms in total. The maximum atomic E-state index is 11.9. The molecule has 1 aromatic rings. The first-order valence-corrected chi connectivity index (χ1v) is 9.92. The number of rotatable bonds is 10. The number of methoxy groups -OCH3 is 1. The van der Waals surface area contributed by atoms with Gasteiger partial charge in [0.1, 0.15) is 18.9 Å². The van der Waals surface area contributed by atoms with Crippen LogP contribution in [0.4, 0.5) is 0 Å². The molecule has 0 radical (unpaired) electrons. The van der Waals surface area contributed by atoms with Gasteiger partial charge in [0.15, 0.2) is 5.96 Å². The topological polar surface area (TPSA) is 78.4 Å². The standard InChI is InChI=1S/C20H33N5O3.HI/c1-3-21-20(23-17-19(26)22-9-15-27-2)25-12-10-24(11-13-25)14-16-28-18-7-5-4-6-8-18;/h4-8H,3,9-17H2,1-2H3,(H,21,23)(H,22,26);1H. The van der Waals surface area contributed by atoms with Gasteiger partial charge in [0.25, 0.3) is 0 Å². The van der Waals surface area contributed by atoms with Crippen molar-refractivity contribution in [1.82, 2.24) is 20.4 Å². The summed E-state index contributed by atoms with van der Waals surface area (Å²) in [5, 5.41) is 6.07. The van der Waals surface area contributed by atoms with E-state index in [9.17, 15) is 4.79 Å². The van der Waals surface area contributed by atoms with Crippen LogP contribution in [0.25, 0.3) is 0 Å². The van der Waals surface area contributed by atoms with Crippen LogP contribution in [-0.2, 0) is 9.53 Å². The number of piperazine rings is 1. The minimum atomic E-state index is -0.0934. The minimum absolute atomic E-state index is 0. The predicted octanol–water partition coefficient (Wildman–Crippen LogP) is 1.03. The molecule has 0 aliphatic carbocycles. The lowest BCUT2D eigenvalue weighted by atomic mass is 10.3. The number of para-hydroxylation sites is 1. The quantitative estimate of drug-likeness (QED) is 0.208. The van der Waals surface area contributed by atoms with Gasteiger partial charge in [0, 0.05) is 52.9 Å². The van der Waals surface area contributed by atoms with Crippen LogP contribution in [0, 0.1) is 0 Å². The van der Waals surface area contributed by atoms with Gasteiger partial charge >= 0.3 is 0 Å². The molecule has 1 fully saturated rings. The Labute approximate surface area is 191 Å². The normalized spacial score (nSPS) is 14.8. The summed E-state index contributed by atoms with van der Waals surface area (Å²) >= 11 is 0. The Balaban J connectivity index is 0.00000420. The molecule has 1 saturated heterocycles. The molecule has 2 rings (SSSR count). The summed E-state index contributed by atoms with van der Waals surface area (Å²) in [7, 11) is 1.61. The number of benzene rings is 1. The van der Waals surface area contributed by atoms with E-state index >= 15 is 0 Å². The molecule has 0 aromatic heterocycles. The van der Waals surface area contributed by atoms with Crippen LogP contribution < -0.4 is 15.4 Å². The van der Waals surface area contributed by atoms with Crippen molar-refractivity contribution in [3.63, 3.8) is 0 Å². The van der Waals surface area contributed by atoms with Crippen molar-refractivity contribution in [3.05, 3.63) is 30.3 Å². The third-order valence-corrected chi connectivity index (χ3v) is 4.43. The van der Waals surface area contributed by atoms with Gasteiger partial charge in [0.2, 0.25) is 5.91 Å². The highest BCUT2D eigenvalue weighted by Crippen LogP contribution is 2.08. The molecule has 2 N–H and O–H groups in total. The van der Waals surface area contributed by atoms with Gasteiger partial charge in [-0.25, -0.2) is 4.99 Å². The fourth-order valence-electron chi connectivity index (χ4n) is 2.91. The van der Waals surface area contributed by atoms with E-state index in [4.69, 9.17) is 9.47 Å². The summed E-state index contributed by atoms with van der Waals surface area (Å²) in [6.45, 7) is 9.17. The lowest BCUT2D eigenvalue weighted by Crippen LogP contribution is -2.53. The Kier molecular flexibility index (Phi) is 13.4. The molecule has 1 amide bonds. The Morgan fingerprint density at radius 1 is 1.10 bits per heavy atom. The molecule has 0 unspecified atom stereocenters. The molecule has 164 valence electrons. The van der Waals surface area contributed by atoms with Crippen molar-refractivity contribution in [1.29, 1.82) is 0 Å². The van der Waals surface area contributed by atoms with Gasteiger partial charge in [-0.3, -0.25) is 9.69 Å². The molecule has 0 bridgehead atoms. The second-order valence-corrected chi connectivity index (χ2v) is 6.50. The maximum absolute atomic E-state index is 11.9. The Hall–Kier alpha value is -1.59. The number of hydrogen-bond acceptors (Lipinski definition) is 5. The molecule has 0 saturated carbocycles. The number of ether oxygens (including phenoxy) is 2. The SMILES string of the molecule is CCNC(=NCC(=O)NCCOC)N1CCN(CCOc2ccccc2)CC1.I. The van der Waals surface area contributed by atoms with Gasteiger partial charge in [-0.1, -0.05) is 18.2 Å². The highest BCUT2D eigenvalue weighted by atomic mass is 127. The molecular formula is C20H34IN5O3. The van der Waals surface area contributed by atoms with Crippen LogP contribution in [0.5, 0.6) is 5.75 Å². The van der Waals surface area contributed by atoms with E-state index in [0.717, 1.165) is 51.0 Å². The van der Waals surface area contributed by atoms with Crippen molar-refractivity contribution < 1.29 is 14.3 Å². The largest absolute Gasteiger partial charge is 0.492 e. The number of nitrogens with one attached hydrogen (secondary N) is 2. The average molecular weight is 519 g/mol. The molecule has 1 aliphatic rings. The fraction of sp³-hybridized carbons (Fsp3) is 0.600. The van der Waals surface area contributed by atoms with Gasteiger partial charge in [-0.15, -0.1) is 24.0 Å². The molecule has 0 atom stereocenters. The summed E-state index contributed by atoms with van der Waals surface area (Å²) in [5.41, 5.74) is 0. The van der Waals surface area contributed by atoms with Crippen molar-refractivity contribution in [3.8, 4) is 5.75 Å². The monoisotopic (exact) mass is 519 g/mol. The van der Waals surface area contributed by atoms with Crippen molar-refractivity contribution in [2.24, 2.45) is 4.99 Å². The van der Waals surface area contributed by atoms with Crippen LogP contribution >= 0.6 is 24.0 Å². The lowest BCUT2D eigenvalue weighted by Gasteiger charge is -2.36. The van der Waals surface area contributed by atoms with Gasteiger partial charge in [-0.05, 0) is 19.1 Å². The number of aliphatic imine (C=N–C) groups is 1. The van der Waals surface area contributed by atoms with E-state index in [-0.39, 0.29) is 36.4 Å². The summed E-state index contributed by atoms with van der Waals surface area (Å²) in [4.78, 5) is 20.9. The number of carbonyl (C=O) groups is 1. The summed E-state index contributed by atoms with van der Waals surface area (Å²) in [5.74, 6) is 1.61. The van der Waals surface area contributed by atoms with E-state index in [0.29, 0.717) is 19.8 Å². The van der Waals surface area contributed by atoms with E-state index in [1.54, 1.807) is 7.11 Å². The van der Waals surface area contributed by atoms with Crippen molar-refractivity contribution in [2.45, 2.75) is 6.92 Å². The average Bonchev–Trinajstić information content (AvgIpc) is 2.73. The molecule has 9 heteroatoms. The third kappa shape index (κ3) is 10.1. The smallest absolute Gasteiger partial charge is 0.241 e. The first kappa shape index (κ1) is 25.4. The number of nitrogens with zero attached hydrogens (tertiary/aromatic N) is 3. The van der Waals surface area contributed by atoms with Crippen LogP contribution in [0.2, 0.25) is 0 Å². The van der Waals surface area contributed by atoms with Crippen molar-refractivity contribution >= 4 is 35.8 Å². The number of carbonyl (C=O) groups excluding carboxylic acids is 1. The first-order chi connectivity index (χ1) is 13.7. The van der Waals surface area contributed by atoms with E-state index in [2.05, 4.69) is 25.4 Å². The second kappa shape index (κ2) is 15.3. The number of halogens is 1. The van der Waals surface area contributed by atoms with Gasteiger partial charge in [-0.2, -0.15) is 0 Å². The van der Waals surface area contributed by atoms with Gasteiger partial charge in [0.05, 0.1) is 6.61 Å². The zero-order valence-corrected chi connectivity index (χ0v) is 19.8. The van der Waals surface area contributed by atoms with E-state index in [1.807, 2.05) is 37.3 Å². The molecule has 29 heavy (non-hydrogen) atoms. The van der Waals surface area contributed by atoms with E-state index in [1.165, 1.54) is 0 Å². The van der Waals surface area contributed by atoms with Crippen LogP contribution in [0.1, 0.15) is 6.92 Å². The zero-order chi connectivity index (χ0) is 20.0. The Morgan fingerprint density at radius 3 is 2.48 bits per heavy atom. The lowest BCUT2D eigenvalue weighted by molar-refractivity contribution is -0.119. The number of amides is 1. The Morgan fingerprint density at radius 2 is 1.83 bits per heavy atom.